The highest BCUT2D eigenvalue weighted by molar-refractivity contribution is 8.18. The number of amides is 1. The monoisotopic (exact) mass is 403 g/mol. The van der Waals surface area contributed by atoms with Gasteiger partial charge in [0, 0.05) is 30.3 Å². The van der Waals surface area contributed by atoms with Gasteiger partial charge in [-0.3, -0.25) is 4.79 Å². The highest BCUT2D eigenvalue weighted by atomic mass is 35.5. The van der Waals surface area contributed by atoms with Gasteiger partial charge in [-0.25, -0.2) is 4.99 Å². The number of aliphatic imine (C=N–C) groups is 1. The van der Waals surface area contributed by atoms with Crippen LogP contribution in [0.4, 0.5) is 11.6 Å². The first-order valence-corrected chi connectivity index (χ1v) is 9.76. The lowest BCUT2D eigenvalue weighted by Gasteiger charge is -2.26. The largest absolute Gasteiger partial charge is 0.441 e. The zero-order valence-corrected chi connectivity index (χ0v) is 16.3. The number of hydrogen-bond donors (Lipinski definition) is 1. The summed E-state index contributed by atoms with van der Waals surface area (Å²) in [7, 11) is 0. The number of carbonyl (C=O) groups is 1. The number of benzene rings is 1. The third-order valence-corrected chi connectivity index (χ3v) is 5.56. The Morgan fingerprint density at radius 2 is 2.07 bits per heavy atom. The first-order chi connectivity index (χ1) is 13.1. The second-order valence-electron chi connectivity index (χ2n) is 6.19. The minimum absolute atomic E-state index is 0.193. The van der Waals surface area contributed by atoms with Gasteiger partial charge < -0.3 is 19.4 Å². The molecule has 0 saturated carbocycles. The third kappa shape index (κ3) is 4.21. The van der Waals surface area contributed by atoms with E-state index in [4.69, 9.17) is 20.8 Å². The molecule has 0 bridgehead atoms. The summed E-state index contributed by atoms with van der Waals surface area (Å²) >= 11 is 7.41. The van der Waals surface area contributed by atoms with E-state index in [0.717, 1.165) is 24.5 Å². The number of nitrogens with zero attached hydrogens (tertiary/aromatic N) is 2. The summed E-state index contributed by atoms with van der Waals surface area (Å²) in [6, 6.07) is 9.32. The van der Waals surface area contributed by atoms with Gasteiger partial charge in [0.15, 0.2) is 11.1 Å². The van der Waals surface area contributed by atoms with E-state index >= 15 is 0 Å². The lowest BCUT2D eigenvalue weighted by Crippen LogP contribution is -2.35. The molecule has 0 aliphatic carbocycles. The van der Waals surface area contributed by atoms with E-state index in [-0.39, 0.29) is 5.91 Å². The maximum Gasteiger partial charge on any atom is 0.264 e. The number of hydrogen-bond acceptors (Lipinski definition) is 6. The molecule has 4 rings (SSSR count). The molecule has 1 N–H and O–H groups in total. The van der Waals surface area contributed by atoms with Crippen molar-refractivity contribution in [3.8, 4) is 0 Å². The van der Waals surface area contributed by atoms with E-state index in [1.807, 2.05) is 31.2 Å². The molecule has 27 heavy (non-hydrogen) atoms. The number of thioether (sulfide) groups is 1. The standard InChI is InChI=1S/C19H18ClN3O3S/c1-12-2-3-13(10-15(12)20)21-19-22-18(24)16(27-19)11-14-4-5-17(26-14)23-6-8-25-9-7-23/h2-5,10-11H,6-9H2,1H3,(H,21,22,24)/b16-11+. The Hall–Kier alpha value is -2.22. The molecule has 2 saturated heterocycles. The number of nitrogens with one attached hydrogen (secondary N) is 1. The molecule has 0 spiro atoms. The van der Waals surface area contributed by atoms with Crippen LogP contribution in [-0.2, 0) is 9.53 Å². The minimum atomic E-state index is -0.193. The molecule has 1 aromatic heterocycles. The summed E-state index contributed by atoms with van der Waals surface area (Å²) < 4.78 is 11.2. The molecule has 2 aliphatic rings. The Kier molecular flexibility index (Phi) is 5.24. The van der Waals surface area contributed by atoms with Gasteiger partial charge in [0.25, 0.3) is 5.91 Å². The molecule has 2 aliphatic heterocycles. The van der Waals surface area contributed by atoms with Crippen LogP contribution < -0.4 is 10.2 Å². The molecule has 2 aromatic rings. The number of aryl methyl sites for hydroxylation is 1. The fourth-order valence-corrected chi connectivity index (χ4v) is 3.75. The predicted molar refractivity (Wildman–Crippen MR) is 109 cm³/mol. The van der Waals surface area contributed by atoms with Gasteiger partial charge in [0.1, 0.15) is 5.76 Å². The van der Waals surface area contributed by atoms with Crippen molar-refractivity contribution in [3.63, 3.8) is 0 Å². The Morgan fingerprint density at radius 3 is 2.85 bits per heavy atom. The van der Waals surface area contributed by atoms with Crippen LogP contribution >= 0.6 is 23.4 Å². The number of morpholine rings is 1. The van der Waals surface area contributed by atoms with Gasteiger partial charge in [-0.15, -0.1) is 0 Å². The molecule has 0 unspecified atom stereocenters. The van der Waals surface area contributed by atoms with Crippen LogP contribution in [0.3, 0.4) is 0 Å². The van der Waals surface area contributed by atoms with Gasteiger partial charge in [0.2, 0.25) is 0 Å². The summed E-state index contributed by atoms with van der Waals surface area (Å²) in [6.07, 6.45) is 1.73. The van der Waals surface area contributed by atoms with E-state index in [9.17, 15) is 4.79 Å². The van der Waals surface area contributed by atoms with Crippen molar-refractivity contribution in [1.82, 2.24) is 5.32 Å². The fourth-order valence-electron chi connectivity index (χ4n) is 2.75. The molecule has 1 aromatic carbocycles. The van der Waals surface area contributed by atoms with Crippen molar-refractivity contribution in [2.45, 2.75) is 6.92 Å². The normalized spacial score (nSPS) is 20.5. The van der Waals surface area contributed by atoms with Crippen molar-refractivity contribution in [3.05, 3.63) is 51.6 Å². The lowest BCUT2D eigenvalue weighted by atomic mass is 10.2. The molecule has 140 valence electrons. The molecule has 6 nitrogen and oxygen atoms in total. The van der Waals surface area contributed by atoms with E-state index < -0.39 is 0 Å². The predicted octanol–water partition coefficient (Wildman–Crippen LogP) is 3.97. The quantitative estimate of drug-likeness (QED) is 0.785. The van der Waals surface area contributed by atoms with E-state index in [2.05, 4.69) is 15.2 Å². The highest BCUT2D eigenvalue weighted by Crippen LogP contribution is 2.30. The molecule has 8 heteroatoms. The summed E-state index contributed by atoms with van der Waals surface area (Å²) in [5, 5.41) is 3.94. The summed E-state index contributed by atoms with van der Waals surface area (Å²) in [5.41, 5.74) is 1.68. The smallest absolute Gasteiger partial charge is 0.264 e. The van der Waals surface area contributed by atoms with E-state index in [0.29, 0.717) is 39.8 Å². The topological polar surface area (TPSA) is 67.1 Å². The number of amidine groups is 1. The highest BCUT2D eigenvalue weighted by Gasteiger charge is 2.24. The van der Waals surface area contributed by atoms with Crippen LogP contribution in [0.5, 0.6) is 0 Å². The van der Waals surface area contributed by atoms with Crippen LogP contribution in [-0.4, -0.2) is 37.4 Å². The average molecular weight is 404 g/mol. The second-order valence-corrected chi connectivity index (χ2v) is 7.63. The van der Waals surface area contributed by atoms with Crippen LogP contribution in [0.2, 0.25) is 5.02 Å². The molecule has 2 fully saturated rings. The Morgan fingerprint density at radius 1 is 1.26 bits per heavy atom. The second kappa shape index (κ2) is 7.80. The third-order valence-electron chi connectivity index (χ3n) is 4.25. The van der Waals surface area contributed by atoms with E-state index in [1.165, 1.54) is 11.8 Å². The number of ether oxygens (including phenoxy) is 1. The Labute approximate surface area is 166 Å². The molecule has 3 heterocycles. The van der Waals surface area contributed by atoms with Crippen molar-refractivity contribution < 1.29 is 13.9 Å². The van der Waals surface area contributed by atoms with Crippen molar-refractivity contribution in [1.29, 1.82) is 0 Å². The van der Waals surface area contributed by atoms with Gasteiger partial charge >= 0.3 is 0 Å². The number of anilines is 1. The zero-order chi connectivity index (χ0) is 18.8. The zero-order valence-electron chi connectivity index (χ0n) is 14.7. The minimum Gasteiger partial charge on any atom is -0.441 e. The number of rotatable bonds is 3. The molecular weight excluding hydrogens is 386 g/mol. The van der Waals surface area contributed by atoms with Crippen LogP contribution in [0.1, 0.15) is 11.3 Å². The molecule has 1 amide bonds. The Balaban J connectivity index is 1.49. The maximum absolute atomic E-state index is 12.2. The van der Waals surface area contributed by atoms with Crippen molar-refractivity contribution in [2.75, 3.05) is 31.2 Å². The summed E-state index contributed by atoms with van der Waals surface area (Å²) in [4.78, 5) is 19.3. The summed E-state index contributed by atoms with van der Waals surface area (Å²) in [5.74, 6) is 1.23. The number of halogens is 1. The van der Waals surface area contributed by atoms with Crippen LogP contribution in [0.25, 0.3) is 6.08 Å². The van der Waals surface area contributed by atoms with Crippen LogP contribution in [0.15, 0.2) is 44.6 Å². The number of carbonyl (C=O) groups excluding carboxylic acids is 1. The fraction of sp³-hybridized carbons (Fsp3) is 0.263. The van der Waals surface area contributed by atoms with Crippen LogP contribution in [0, 0.1) is 6.92 Å². The Bertz CT molecular complexity index is 932. The molecule has 0 atom stereocenters. The first kappa shape index (κ1) is 18.2. The lowest BCUT2D eigenvalue weighted by molar-refractivity contribution is -0.115. The first-order valence-electron chi connectivity index (χ1n) is 8.57. The number of furan rings is 1. The van der Waals surface area contributed by atoms with E-state index in [1.54, 1.807) is 12.1 Å². The average Bonchev–Trinajstić information content (AvgIpc) is 3.26. The molecule has 0 radical (unpaired) electrons. The maximum atomic E-state index is 12.2. The van der Waals surface area contributed by atoms with Gasteiger partial charge in [0.05, 0.1) is 23.8 Å². The molecular formula is C19H18ClN3O3S. The van der Waals surface area contributed by atoms with Crippen molar-refractivity contribution >= 4 is 52.1 Å². The van der Waals surface area contributed by atoms with Gasteiger partial charge in [-0.05, 0) is 42.4 Å². The SMILES string of the molecule is Cc1ccc(N=C2NC(=O)/C(=C\c3ccc(N4CCOCC4)o3)S2)cc1Cl. The summed E-state index contributed by atoms with van der Waals surface area (Å²) in [6.45, 7) is 4.92. The van der Waals surface area contributed by atoms with Gasteiger partial charge in [-0.2, -0.15) is 0 Å². The van der Waals surface area contributed by atoms with Crippen molar-refractivity contribution in [2.24, 2.45) is 4.99 Å². The van der Waals surface area contributed by atoms with Gasteiger partial charge in [-0.1, -0.05) is 17.7 Å².